The number of benzene rings is 2. The fraction of sp³-hybridized carbons (Fsp3) is 0.222. The topological polar surface area (TPSA) is 136 Å². The first-order chi connectivity index (χ1) is 11.3. The van der Waals surface area contributed by atoms with Gasteiger partial charge in [-0.1, -0.05) is 47.5 Å². The van der Waals surface area contributed by atoms with E-state index < -0.39 is 23.6 Å². The lowest BCUT2D eigenvalue weighted by molar-refractivity contribution is -0.180. The number of aliphatic hydroxyl groups excluding tert-OH is 1. The molecule has 0 radical (unpaired) electrons. The van der Waals surface area contributed by atoms with Crippen molar-refractivity contribution in [3.63, 3.8) is 0 Å². The highest BCUT2D eigenvalue weighted by Gasteiger charge is 2.53. The van der Waals surface area contributed by atoms with Crippen LogP contribution < -0.4 is 4.74 Å². The van der Waals surface area contributed by atoms with Gasteiger partial charge < -0.3 is 25.5 Å². The first kappa shape index (κ1) is 20.1. The molecule has 134 valence electrons. The Hall–Kier alpha value is -2.90. The van der Waals surface area contributed by atoms with Gasteiger partial charge in [0.1, 0.15) is 5.75 Å². The molecule has 2 aromatic carbocycles. The van der Waals surface area contributed by atoms with Crippen molar-refractivity contribution < 1.29 is 35.1 Å². The lowest BCUT2D eigenvalue weighted by Gasteiger charge is -2.33. The second kappa shape index (κ2) is 7.78. The minimum atomic E-state index is -2.46. The molecule has 0 bridgehead atoms. The van der Waals surface area contributed by atoms with E-state index in [0.717, 1.165) is 11.1 Å². The predicted octanol–water partition coefficient (Wildman–Crippen LogP) is 1.28. The number of aliphatic carboxylic acids is 2. The van der Waals surface area contributed by atoms with Gasteiger partial charge in [0.25, 0.3) is 5.60 Å². The summed E-state index contributed by atoms with van der Waals surface area (Å²) >= 11 is 0. The molecule has 2 atom stereocenters. The molecule has 0 saturated heterocycles. The molecule has 0 unspecified atom stereocenters. The lowest BCUT2D eigenvalue weighted by Crippen LogP contribution is -2.54. The largest absolute Gasteiger partial charge is 0.479 e. The molecule has 0 aliphatic heterocycles. The van der Waals surface area contributed by atoms with Gasteiger partial charge in [0, 0.05) is 5.56 Å². The van der Waals surface area contributed by atoms with Crippen molar-refractivity contribution in [3.8, 4) is 5.75 Å². The number of ether oxygens (including phenoxy) is 1. The minimum absolute atomic E-state index is 0. The summed E-state index contributed by atoms with van der Waals surface area (Å²) < 4.78 is 5.54. The number of aliphatic hydroxyl groups is 1. The molecule has 2 aromatic rings. The average molecular weight is 348 g/mol. The van der Waals surface area contributed by atoms with Crippen LogP contribution in [0, 0.1) is 13.8 Å². The summed E-state index contributed by atoms with van der Waals surface area (Å²) in [6, 6.07) is 12.6. The third-order valence-corrected chi connectivity index (χ3v) is 3.72. The monoisotopic (exact) mass is 348 g/mol. The SMILES string of the molecule is Cc1ccc(O[C@@](C(=O)O)(c2ccc(C)cc2)[C@H](O)C(=O)O)cc1.O. The molecule has 0 aromatic heterocycles. The minimum Gasteiger partial charge on any atom is -0.479 e. The maximum Gasteiger partial charge on any atom is 0.356 e. The standard InChI is InChI=1S/C18H18O6.H2O/c1-11-3-7-13(8-4-11)18(17(22)23,15(19)16(20)21)24-14-9-5-12(2)6-10-14;/h3-10,15,19H,1-2H3,(H,20,21)(H,22,23);1H2/t15-,18+;/m1./s1. The maximum atomic E-state index is 12.0. The van der Waals surface area contributed by atoms with E-state index in [2.05, 4.69) is 0 Å². The average Bonchev–Trinajstić information content (AvgIpc) is 2.54. The van der Waals surface area contributed by atoms with Crippen LogP contribution in [0.15, 0.2) is 48.5 Å². The van der Waals surface area contributed by atoms with E-state index in [1.807, 2.05) is 6.92 Å². The number of carbonyl (C=O) groups is 2. The normalized spacial score (nSPS) is 13.9. The Morgan fingerprint density at radius 1 is 0.920 bits per heavy atom. The van der Waals surface area contributed by atoms with Crippen molar-refractivity contribution in [2.24, 2.45) is 0 Å². The number of carboxylic acid groups (broad SMARTS) is 2. The summed E-state index contributed by atoms with van der Waals surface area (Å²) in [6.45, 7) is 3.65. The molecule has 0 aliphatic carbocycles. The van der Waals surface area contributed by atoms with Crippen molar-refractivity contribution in [2.45, 2.75) is 25.6 Å². The molecule has 0 fully saturated rings. The van der Waals surface area contributed by atoms with Gasteiger partial charge in [0.15, 0.2) is 0 Å². The van der Waals surface area contributed by atoms with Gasteiger partial charge in [-0.15, -0.1) is 0 Å². The van der Waals surface area contributed by atoms with Crippen LogP contribution in [0.25, 0.3) is 0 Å². The maximum absolute atomic E-state index is 12.0. The van der Waals surface area contributed by atoms with Crippen LogP contribution >= 0.6 is 0 Å². The van der Waals surface area contributed by atoms with E-state index >= 15 is 0 Å². The molecule has 7 nitrogen and oxygen atoms in total. The molecular weight excluding hydrogens is 328 g/mol. The molecule has 0 amide bonds. The van der Waals surface area contributed by atoms with Crippen molar-refractivity contribution in [2.75, 3.05) is 0 Å². The zero-order chi connectivity index (χ0) is 17.9. The summed E-state index contributed by atoms with van der Waals surface area (Å²) in [5.41, 5.74) is -0.638. The molecule has 7 heteroatoms. The third kappa shape index (κ3) is 3.96. The van der Waals surface area contributed by atoms with Crippen LogP contribution in [0.4, 0.5) is 0 Å². The van der Waals surface area contributed by atoms with Gasteiger partial charge in [-0.3, -0.25) is 0 Å². The second-order valence-electron chi connectivity index (χ2n) is 5.56. The van der Waals surface area contributed by atoms with E-state index in [1.165, 1.54) is 24.3 Å². The number of aryl methyl sites for hydroxylation is 2. The Morgan fingerprint density at radius 3 is 1.76 bits per heavy atom. The summed E-state index contributed by atoms with van der Waals surface area (Å²) in [5, 5.41) is 29.1. The van der Waals surface area contributed by atoms with Gasteiger partial charge in [0.2, 0.25) is 6.10 Å². The van der Waals surface area contributed by atoms with Crippen LogP contribution in [-0.2, 0) is 15.2 Å². The summed E-state index contributed by atoms with van der Waals surface area (Å²) in [4.78, 5) is 23.3. The van der Waals surface area contributed by atoms with E-state index in [-0.39, 0.29) is 16.8 Å². The van der Waals surface area contributed by atoms with Crippen molar-refractivity contribution in [1.29, 1.82) is 0 Å². The van der Waals surface area contributed by atoms with E-state index in [9.17, 15) is 24.9 Å². The number of hydrogen-bond acceptors (Lipinski definition) is 4. The van der Waals surface area contributed by atoms with Gasteiger partial charge in [-0.2, -0.15) is 0 Å². The van der Waals surface area contributed by atoms with E-state index in [0.29, 0.717) is 0 Å². The third-order valence-electron chi connectivity index (χ3n) is 3.72. The summed E-state index contributed by atoms with van der Waals surface area (Å²) in [6.07, 6.45) is -2.29. The van der Waals surface area contributed by atoms with Crippen LogP contribution in [0.2, 0.25) is 0 Å². The number of carboxylic acids is 2. The van der Waals surface area contributed by atoms with Gasteiger partial charge in [-0.05, 0) is 26.0 Å². The Bertz CT molecular complexity index is 737. The molecule has 25 heavy (non-hydrogen) atoms. The first-order valence-electron chi connectivity index (χ1n) is 7.24. The number of rotatable bonds is 6. The lowest BCUT2D eigenvalue weighted by atomic mass is 9.87. The molecule has 0 saturated carbocycles. The van der Waals surface area contributed by atoms with Crippen molar-refractivity contribution >= 4 is 11.9 Å². The van der Waals surface area contributed by atoms with Gasteiger partial charge in [-0.25, -0.2) is 9.59 Å². The zero-order valence-electron chi connectivity index (χ0n) is 13.8. The van der Waals surface area contributed by atoms with Crippen molar-refractivity contribution in [3.05, 3.63) is 65.2 Å². The predicted molar refractivity (Wildman–Crippen MR) is 89.6 cm³/mol. The molecule has 0 aliphatic rings. The zero-order valence-corrected chi connectivity index (χ0v) is 13.8. The van der Waals surface area contributed by atoms with Crippen LogP contribution in [0.5, 0.6) is 5.75 Å². The highest BCUT2D eigenvalue weighted by molar-refractivity contribution is 5.89. The first-order valence-corrected chi connectivity index (χ1v) is 7.24. The Labute approximate surface area is 144 Å². The molecule has 0 spiro atoms. The summed E-state index contributed by atoms with van der Waals surface area (Å²) in [5.74, 6) is -3.14. The Balaban J connectivity index is 0.00000312. The van der Waals surface area contributed by atoms with Crippen LogP contribution in [0.3, 0.4) is 0 Å². The molecular formula is C18H20O7. The number of hydrogen-bond donors (Lipinski definition) is 3. The highest BCUT2D eigenvalue weighted by atomic mass is 16.5. The van der Waals surface area contributed by atoms with E-state index in [1.54, 1.807) is 31.2 Å². The fourth-order valence-electron chi connectivity index (χ4n) is 2.32. The quantitative estimate of drug-likeness (QED) is 0.719. The summed E-state index contributed by atoms with van der Waals surface area (Å²) in [7, 11) is 0. The van der Waals surface area contributed by atoms with Crippen LogP contribution in [-0.4, -0.2) is 38.8 Å². The van der Waals surface area contributed by atoms with E-state index in [4.69, 9.17) is 4.74 Å². The van der Waals surface area contributed by atoms with Gasteiger partial charge in [0.05, 0.1) is 0 Å². The fourth-order valence-corrected chi connectivity index (χ4v) is 2.32. The smallest absolute Gasteiger partial charge is 0.356 e. The van der Waals surface area contributed by atoms with Crippen LogP contribution in [0.1, 0.15) is 16.7 Å². The Kier molecular flexibility index (Phi) is 6.27. The van der Waals surface area contributed by atoms with Crippen molar-refractivity contribution in [1.82, 2.24) is 0 Å². The highest BCUT2D eigenvalue weighted by Crippen LogP contribution is 2.33. The molecule has 0 heterocycles. The second-order valence-corrected chi connectivity index (χ2v) is 5.56. The Morgan fingerprint density at radius 2 is 1.36 bits per heavy atom. The molecule has 5 N–H and O–H groups in total. The van der Waals surface area contributed by atoms with Gasteiger partial charge >= 0.3 is 11.9 Å². The molecule has 2 rings (SSSR count).